The number of pyridine rings is 1. The molecule has 0 saturated carbocycles. The second-order valence-corrected chi connectivity index (χ2v) is 9.28. The Labute approximate surface area is 208 Å². The lowest BCUT2D eigenvalue weighted by atomic mass is 10.2. The van der Waals surface area contributed by atoms with E-state index < -0.39 is 0 Å². The minimum absolute atomic E-state index is 0.229. The van der Waals surface area contributed by atoms with E-state index in [0.717, 1.165) is 34.8 Å². The first-order valence-electron chi connectivity index (χ1n) is 11.4. The van der Waals surface area contributed by atoms with Crippen LogP contribution >= 0.6 is 11.3 Å². The molecule has 1 fully saturated rings. The van der Waals surface area contributed by atoms with Crippen LogP contribution in [0.2, 0.25) is 0 Å². The summed E-state index contributed by atoms with van der Waals surface area (Å²) in [5.74, 6) is 1.18. The van der Waals surface area contributed by atoms with Gasteiger partial charge >= 0.3 is 0 Å². The number of anilines is 3. The van der Waals surface area contributed by atoms with Crippen molar-refractivity contribution in [3.63, 3.8) is 0 Å². The molecule has 2 aromatic heterocycles. The Morgan fingerprint density at radius 1 is 1.17 bits per heavy atom. The maximum absolute atomic E-state index is 13.1. The zero-order chi connectivity index (χ0) is 24.2. The highest BCUT2D eigenvalue weighted by atomic mass is 32.1. The number of carbonyl (C=O) groups is 1. The molecule has 3 heterocycles. The third kappa shape index (κ3) is 5.06. The molecule has 0 atom stereocenters. The van der Waals surface area contributed by atoms with Crippen LogP contribution in [0.25, 0.3) is 10.2 Å². The van der Waals surface area contributed by atoms with Gasteiger partial charge in [0.2, 0.25) is 0 Å². The topological polar surface area (TPSA) is 79.8 Å². The molecule has 5 rings (SSSR count). The molecule has 1 aliphatic heterocycles. The van der Waals surface area contributed by atoms with Crippen molar-refractivity contribution in [2.75, 3.05) is 55.6 Å². The molecule has 35 heavy (non-hydrogen) atoms. The van der Waals surface area contributed by atoms with Gasteiger partial charge in [0.25, 0.3) is 5.91 Å². The standard InChI is InChI=1S/C26H27N5O3S/c1-30(17-18-6-4-3-5-7-18)22-16-19(10-11-27-22)25(32)29-26-28-23-21(33-2)9-8-20(24(23)35-26)31-12-14-34-15-13-31/h3-11,16H,12-15,17H2,1-2H3,(H,28,29,32). The van der Waals surface area contributed by atoms with Gasteiger partial charge in [-0.3, -0.25) is 10.1 Å². The summed E-state index contributed by atoms with van der Waals surface area (Å²) in [6.07, 6.45) is 1.66. The molecule has 2 aromatic carbocycles. The van der Waals surface area contributed by atoms with Gasteiger partial charge in [0.15, 0.2) is 5.13 Å². The van der Waals surface area contributed by atoms with Crippen molar-refractivity contribution in [3.05, 3.63) is 71.9 Å². The second-order valence-electron chi connectivity index (χ2n) is 8.28. The van der Waals surface area contributed by atoms with Gasteiger partial charge in [0, 0.05) is 38.4 Å². The minimum atomic E-state index is -0.229. The fraction of sp³-hybridized carbons (Fsp3) is 0.269. The van der Waals surface area contributed by atoms with Gasteiger partial charge in [0.1, 0.15) is 17.1 Å². The van der Waals surface area contributed by atoms with Crippen molar-refractivity contribution in [2.45, 2.75) is 6.54 Å². The molecule has 9 heteroatoms. The number of thiazole rings is 1. The van der Waals surface area contributed by atoms with Crippen molar-refractivity contribution in [2.24, 2.45) is 0 Å². The zero-order valence-electron chi connectivity index (χ0n) is 19.7. The lowest BCUT2D eigenvalue weighted by molar-refractivity contribution is 0.102. The van der Waals surface area contributed by atoms with Gasteiger partial charge in [-0.15, -0.1) is 0 Å². The van der Waals surface area contributed by atoms with Gasteiger partial charge in [0.05, 0.1) is 30.7 Å². The molecule has 0 spiro atoms. The van der Waals surface area contributed by atoms with Crippen LogP contribution in [-0.4, -0.2) is 56.3 Å². The molecule has 1 saturated heterocycles. The maximum Gasteiger partial charge on any atom is 0.257 e. The molecule has 1 aliphatic rings. The smallest absolute Gasteiger partial charge is 0.257 e. The number of hydrogen-bond donors (Lipinski definition) is 1. The fourth-order valence-corrected chi connectivity index (χ4v) is 5.14. The summed E-state index contributed by atoms with van der Waals surface area (Å²) in [6, 6.07) is 17.6. The lowest BCUT2D eigenvalue weighted by Gasteiger charge is -2.29. The summed E-state index contributed by atoms with van der Waals surface area (Å²) < 4.78 is 12.0. The Balaban J connectivity index is 1.37. The van der Waals surface area contributed by atoms with E-state index in [4.69, 9.17) is 14.5 Å². The van der Waals surface area contributed by atoms with Crippen molar-refractivity contribution >= 4 is 44.1 Å². The van der Waals surface area contributed by atoms with E-state index in [0.29, 0.717) is 36.2 Å². The molecule has 0 radical (unpaired) electrons. The van der Waals surface area contributed by atoms with E-state index in [1.165, 1.54) is 16.9 Å². The molecule has 1 N–H and O–H groups in total. The SMILES string of the molecule is COc1ccc(N2CCOCC2)c2sc(NC(=O)c3ccnc(N(C)Cc4ccccc4)c3)nc12. The Morgan fingerprint density at radius 2 is 1.97 bits per heavy atom. The molecular formula is C26H27N5O3S. The molecule has 0 unspecified atom stereocenters. The number of hydrogen-bond acceptors (Lipinski definition) is 8. The van der Waals surface area contributed by atoms with Crippen LogP contribution in [0, 0.1) is 0 Å². The summed E-state index contributed by atoms with van der Waals surface area (Å²) in [4.78, 5) is 26.6. The quantitative estimate of drug-likeness (QED) is 0.412. The fourth-order valence-electron chi connectivity index (χ4n) is 4.12. The number of nitrogens with zero attached hydrogens (tertiary/aromatic N) is 4. The zero-order valence-corrected chi connectivity index (χ0v) is 20.5. The van der Waals surface area contributed by atoms with Crippen LogP contribution in [0.3, 0.4) is 0 Å². The summed E-state index contributed by atoms with van der Waals surface area (Å²) in [7, 11) is 3.59. The highest BCUT2D eigenvalue weighted by molar-refractivity contribution is 7.23. The number of amides is 1. The van der Waals surface area contributed by atoms with Gasteiger partial charge < -0.3 is 19.3 Å². The first-order chi connectivity index (χ1) is 17.1. The average molecular weight is 490 g/mol. The second kappa shape index (κ2) is 10.3. The predicted octanol–water partition coefficient (Wildman–Crippen LogP) is 4.43. The van der Waals surface area contributed by atoms with E-state index in [2.05, 4.69) is 27.3 Å². The van der Waals surface area contributed by atoms with Crippen molar-refractivity contribution in [3.8, 4) is 5.75 Å². The van der Waals surface area contributed by atoms with Crippen molar-refractivity contribution < 1.29 is 14.3 Å². The number of fused-ring (bicyclic) bond motifs is 1. The number of methoxy groups -OCH3 is 1. The van der Waals surface area contributed by atoms with Gasteiger partial charge in [-0.25, -0.2) is 9.97 Å². The van der Waals surface area contributed by atoms with E-state index in [9.17, 15) is 4.79 Å². The first-order valence-corrected chi connectivity index (χ1v) is 12.3. The van der Waals surface area contributed by atoms with Crippen LogP contribution in [0.15, 0.2) is 60.8 Å². The molecular weight excluding hydrogens is 462 g/mol. The Hall–Kier alpha value is -3.69. The van der Waals surface area contributed by atoms with Gasteiger partial charge in [-0.1, -0.05) is 41.7 Å². The summed E-state index contributed by atoms with van der Waals surface area (Å²) >= 11 is 1.45. The van der Waals surface area contributed by atoms with E-state index in [1.807, 2.05) is 42.3 Å². The number of ether oxygens (including phenoxy) is 2. The molecule has 0 aliphatic carbocycles. The Kier molecular flexibility index (Phi) is 6.78. The molecule has 4 aromatic rings. The van der Waals surface area contributed by atoms with Crippen molar-refractivity contribution in [1.29, 1.82) is 0 Å². The van der Waals surface area contributed by atoms with Crippen molar-refractivity contribution in [1.82, 2.24) is 9.97 Å². The summed E-state index contributed by atoms with van der Waals surface area (Å²) in [6.45, 7) is 3.72. The third-order valence-corrected chi connectivity index (χ3v) is 6.93. The van der Waals surface area contributed by atoms with Crippen LogP contribution in [-0.2, 0) is 11.3 Å². The Bertz CT molecular complexity index is 1320. The third-order valence-electron chi connectivity index (χ3n) is 5.94. The van der Waals surface area contributed by atoms with E-state index >= 15 is 0 Å². The van der Waals surface area contributed by atoms with E-state index in [-0.39, 0.29) is 5.91 Å². The molecule has 180 valence electrons. The minimum Gasteiger partial charge on any atom is -0.494 e. The van der Waals surface area contributed by atoms with Gasteiger partial charge in [-0.05, 0) is 29.8 Å². The predicted molar refractivity (Wildman–Crippen MR) is 140 cm³/mol. The largest absolute Gasteiger partial charge is 0.494 e. The number of nitrogens with one attached hydrogen (secondary N) is 1. The monoisotopic (exact) mass is 489 g/mol. The number of carbonyl (C=O) groups excluding carboxylic acids is 1. The van der Waals surface area contributed by atoms with Gasteiger partial charge in [-0.2, -0.15) is 0 Å². The summed E-state index contributed by atoms with van der Waals surface area (Å²) in [5.41, 5.74) is 3.52. The maximum atomic E-state index is 13.1. The number of morpholine rings is 1. The lowest BCUT2D eigenvalue weighted by Crippen LogP contribution is -2.36. The highest BCUT2D eigenvalue weighted by Crippen LogP contribution is 2.39. The first kappa shape index (κ1) is 23.1. The number of rotatable bonds is 7. The number of benzene rings is 2. The molecule has 1 amide bonds. The highest BCUT2D eigenvalue weighted by Gasteiger charge is 2.20. The van der Waals surface area contributed by atoms with Crippen LogP contribution in [0.1, 0.15) is 15.9 Å². The van der Waals surface area contributed by atoms with Crippen LogP contribution in [0.4, 0.5) is 16.6 Å². The molecule has 0 bridgehead atoms. The number of aromatic nitrogens is 2. The summed E-state index contributed by atoms with van der Waals surface area (Å²) in [5, 5.41) is 3.50. The van der Waals surface area contributed by atoms with E-state index in [1.54, 1.807) is 25.4 Å². The average Bonchev–Trinajstić information content (AvgIpc) is 3.33. The Morgan fingerprint density at radius 3 is 2.74 bits per heavy atom. The van der Waals surface area contributed by atoms with Crippen LogP contribution in [0.5, 0.6) is 5.75 Å². The normalized spacial score (nSPS) is 13.6. The molecule has 8 nitrogen and oxygen atoms in total. The van der Waals surface area contributed by atoms with Crippen LogP contribution < -0.4 is 19.9 Å².